The number of benzene rings is 3. The van der Waals surface area contributed by atoms with Crippen LogP contribution in [0.3, 0.4) is 0 Å². The lowest BCUT2D eigenvalue weighted by Crippen LogP contribution is -2.60. The molecule has 10 rings (SSSR count). The van der Waals surface area contributed by atoms with Crippen LogP contribution in [0.15, 0.2) is 59.4 Å². The maximum Gasteiger partial charge on any atom is 0.329 e. The Morgan fingerprint density at radius 2 is 1.57 bits per heavy atom. The lowest BCUT2D eigenvalue weighted by molar-refractivity contribution is -0.138. The highest BCUT2D eigenvalue weighted by atomic mass is 35.5. The molecule has 2 aliphatic carbocycles. The molecule has 5 fully saturated rings. The summed E-state index contributed by atoms with van der Waals surface area (Å²) in [4.78, 5) is 85.6. The molecule has 1 aromatic heterocycles. The minimum Gasteiger partial charge on any atom is -0.352 e. The second-order valence-electron chi connectivity index (χ2n) is 19.3. The number of likely N-dealkylation sites (N-methyl/N-ethyl adjacent to an activating group) is 1. The van der Waals surface area contributed by atoms with E-state index >= 15 is 4.39 Å². The van der Waals surface area contributed by atoms with Gasteiger partial charge in [0, 0.05) is 60.7 Å². The first-order valence-corrected chi connectivity index (χ1v) is 23.9. The van der Waals surface area contributed by atoms with Crippen LogP contribution in [0.5, 0.6) is 0 Å². The third-order valence-electron chi connectivity index (χ3n) is 16.2. The van der Waals surface area contributed by atoms with Crippen LogP contribution in [0.4, 0.5) is 10.1 Å². The van der Waals surface area contributed by atoms with Crippen LogP contribution in [0.1, 0.15) is 118 Å². The first-order chi connectivity index (χ1) is 31.2. The molecule has 0 radical (unpaired) electrons. The number of hydrogen-bond acceptors (Lipinski definition) is 7. The van der Waals surface area contributed by atoms with Crippen molar-refractivity contribution in [3.8, 4) is 0 Å². The smallest absolute Gasteiger partial charge is 0.329 e. The van der Waals surface area contributed by atoms with Gasteiger partial charge in [0.2, 0.25) is 29.5 Å². The van der Waals surface area contributed by atoms with E-state index in [0.717, 1.165) is 48.7 Å². The number of piperidine rings is 2. The molecular weight excluding hydrogens is 872 g/mol. The van der Waals surface area contributed by atoms with E-state index < -0.39 is 40.7 Å². The van der Waals surface area contributed by atoms with Gasteiger partial charge in [0.15, 0.2) is 0 Å². The van der Waals surface area contributed by atoms with Crippen LogP contribution in [0, 0.1) is 11.7 Å². The van der Waals surface area contributed by atoms with E-state index in [-0.39, 0.29) is 70.6 Å². The number of aromatic nitrogens is 2. The Balaban J connectivity index is 0.827. The number of halogens is 3. The molecule has 65 heavy (non-hydrogen) atoms. The fraction of sp³-hybridized carbons (Fsp3) is 0.510. The Bertz CT molecular complexity index is 2700. The highest BCUT2D eigenvalue weighted by molar-refractivity contribution is 6.31. The Morgan fingerprint density at radius 1 is 0.831 bits per heavy atom. The fourth-order valence-corrected chi connectivity index (χ4v) is 13.4. The third kappa shape index (κ3) is 6.86. The van der Waals surface area contributed by atoms with Crippen molar-refractivity contribution in [3.63, 3.8) is 0 Å². The molecule has 3 saturated heterocycles. The molecule has 5 heterocycles. The minimum atomic E-state index is -1.30. The van der Waals surface area contributed by atoms with Crippen molar-refractivity contribution in [3.05, 3.63) is 97.6 Å². The van der Waals surface area contributed by atoms with Crippen LogP contribution in [-0.2, 0) is 36.4 Å². The molecule has 342 valence electrons. The molecule has 13 nitrogen and oxygen atoms in total. The average molecular weight is 927 g/mol. The van der Waals surface area contributed by atoms with Gasteiger partial charge in [-0.05, 0) is 118 Å². The number of rotatable bonds is 6. The number of nitrogens with one attached hydrogen (secondary N) is 3. The summed E-state index contributed by atoms with van der Waals surface area (Å²) in [5, 5.41) is 9.20. The molecular formula is C49H54Cl2FN7O6. The molecule has 3 aromatic carbocycles. The molecule has 2 spiro atoms. The number of aryl methyl sites for hydroxylation is 1. The topological polar surface area (TPSA) is 155 Å². The molecule has 4 aliphatic heterocycles. The van der Waals surface area contributed by atoms with Crippen molar-refractivity contribution in [1.82, 2.24) is 29.6 Å². The summed E-state index contributed by atoms with van der Waals surface area (Å²) >= 11 is 12.9. The van der Waals surface area contributed by atoms with E-state index in [2.05, 4.69) is 20.9 Å². The highest BCUT2D eigenvalue weighted by Crippen LogP contribution is 2.66. The summed E-state index contributed by atoms with van der Waals surface area (Å²) in [5.74, 6) is -2.71. The first kappa shape index (κ1) is 43.8. The van der Waals surface area contributed by atoms with E-state index in [9.17, 15) is 28.8 Å². The molecule has 6 aliphatic rings. The Morgan fingerprint density at radius 3 is 2.29 bits per heavy atom. The minimum absolute atomic E-state index is 0.0696. The predicted octanol–water partition coefficient (Wildman–Crippen LogP) is 6.84. The maximum absolute atomic E-state index is 16.5. The molecule has 2 saturated carbocycles. The summed E-state index contributed by atoms with van der Waals surface area (Å²) in [7, 11) is 3.61. The van der Waals surface area contributed by atoms with E-state index in [1.807, 2.05) is 36.2 Å². The van der Waals surface area contributed by atoms with Gasteiger partial charge in [0.05, 0.1) is 22.1 Å². The second kappa shape index (κ2) is 16.7. The van der Waals surface area contributed by atoms with E-state index in [1.165, 1.54) is 10.6 Å². The first-order valence-electron chi connectivity index (χ1n) is 23.2. The van der Waals surface area contributed by atoms with Gasteiger partial charge in [0.25, 0.3) is 0 Å². The summed E-state index contributed by atoms with van der Waals surface area (Å²) in [6, 6.07) is 14.3. The summed E-state index contributed by atoms with van der Waals surface area (Å²) in [6.45, 7) is 1.21. The lowest BCUT2D eigenvalue weighted by atomic mass is 9.55. The van der Waals surface area contributed by atoms with Crippen LogP contribution < -0.4 is 21.6 Å². The van der Waals surface area contributed by atoms with Gasteiger partial charge in [-0.3, -0.25) is 43.3 Å². The number of hydrogen-bond donors (Lipinski definition) is 3. The van der Waals surface area contributed by atoms with E-state index in [4.69, 9.17) is 23.2 Å². The number of carbonyl (C=O) groups excluding carboxylic acids is 5. The second-order valence-corrected chi connectivity index (χ2v) is 20.1. The van der Waals surface area contributed by atoms with Gasteiger partial charge < -0.3 is 15.5 Å². The van der Waals surface area contributed by atoms with Gasteiger partial charge in [-0.1, -0.05) is 66.7 Å². The van der Waals surface area contributed by atoms with Crippen LogP contribution >= 0.6 is 23.2 Å². The number of nitrogens with zero attached hydrogens (tertiary/aromatic N) is 4. The number of amides is 5. The molecule has 16 heteroatoms. The molecule has 3 N–H and O–H groups in total. The van der Waals surface area contributed by atoms with Crippen molar-refractivity contribution >= 4 is 69.5 Å². The lowest BCUT2D eigenvalue weighted by Gasteiger charge is -2.49. The van der Waals surface area contributed by atoms with Crippen molar-refractivity contribution in [2.24, 2.45) is 13.0 Å². The Labute approximate surface area is 386 Å². The van der Waals surface area contributed by atoms with Crippen molar-refractivity contribution in [1.29, 1.82) is 0 Å². The van der Waals surface area contributed by atoms with Crippen molar-refractivity contribution in [2.45, 2.75) is 124 Å². The Kier molecular flexibility index (Phi) is 11.2. The molecule has 4 atom stereocenters. The predicted molar refractivity (Wildman–Crippen MR) is 244 cm³/mol. The van der Waals surface area contributed by atoms with Crippen LogP contribution in [-0.4, -0.2) is 86.2 Å². The largest absolute Gasteiger partial charge is 0.352 e. The van der Waals surface area contributed by atoms with E-state index in [1.54, 1.807) is 35.9 Å². The number of likely N-dealkylation sites (tertiary alicyclic amines) is 2. The quantitative estimate of drug-likeness (QED) is 0.179. The number of imidazole rings is 1. The summed E-state index contributed by atoms with van der Waals surface area (Å²) in [5.41, 5.74) is 1.58. The number of anilines is 1. The highest BCUT2D eigenvalue weighted by Gasteiger charge is 2.74. The van der Waals surface area contributed by atoms with Gasteiger partial charge >= 0.3 is 5.69 Å². The standard InChI is InChI=1S/C49H54Cl2FN7O6/c1-56-38-25-29(11-16-36(38)59(47(56)65)37-17-18-39(60)55-43(37)61)27-19-23-58(24-20-27)45(63)28-9-13-31(14-10-28)53-44(62)42-40(32-7-6-8-34(51)41(32)52)49(48(57(42)2)21-4-3-5-22-48)33-15-12-30(50)26-35(33)54-46(49)64/h6-8,11-12,15-16,25-28,31,37,40,42H,3-5,9-10,13-14,17-24H2,1-2H3,(H,53,62)(H,54,64)(H,55,60,61)/t28?,31?,37?,40-,42+,49+/m0/s1. The molecule has 1 unspecified atom stereocenters. The normalized spacial score (nSPS) is 28.2. The maximum atomic E-state index is 16.5. The average Bonchev–Trinajstić information content (AvgIpc) is 3.82. The van der Waals surface area contributed by atoms with Gasteiger partial charge in [0.1, 0.15) is 17.3 Å². The summed E-state index contributed by atoms with van der Waals surface area (Å²) in [6.07, 6.45) is 8.48. The van der Waals surface area contributed by atoms with Gasteiger partial charge in [-0.15, -0.1) is 0 Å². The van der Waals surface area contributed by atoms with Crippen molar-refractivity contribution in [2.75, 3.05) is 25.5 Å². The van der Waals surface area contributed by atoms with Crippen molar-refractivity contribution < 1.29 is 28.4 Å². The van der Waals surface area contributed by atoms with Crippen LogP contribution in [0.2, 0.25) is 10.0 Å². The van der Waals surface area contributed by atoms with Gasteiger partial charge in [-0.25, -0.2) is 9.18 Å². The molecule has 5 amide bonds. The fourth-order valence-electron chi connectivity index (χ4n) is 13.1. The number of imide groups is 1. The zero-order chi connectivity index (χ0) is 45.5. The van der Waals surface area contributed by atoms with E-state index in [0.29, 0.717) is 67.8 Å². The SMILES string of the molecule is CN1[C@@H](C(=O)NC2CCC(C(=O)N3CCC(c4ccc5c(c4)n(C)c(=O)n5C4CCC(=O)NC4=O)CC3)CC2)[C@H](c2cccc(Cl)c2F)[C@]2(C(=O)Nc3cc(Cl)ccc32)C12CCCCC2. The Hall–Kier alpha value is -5.05. The summed E-state index contributed by atoms with van der Waals surface area (Å²) < 4.78 is 19.5. The van der Waals surface area contributed by atoms with Gasteiger partial charge in [-0.2, -0.15) is 0 Å². The monoisotopic (exact) mass is 925 g/mol. The zero-order valence-electron chi connectivity index (χ0n) is 36.6. The number of carbonyl (C=O) groups is 5. The zero-order valence-corrected chi connectivity index (χ0v) is 38.2. The van der Waals surface area contributed by atoms with Crippen LogP contribution in [0.25, 0.3) is 11.0 Å². The third-order valence-corrected chi connectivity index (χ3v) is 16.8. The molecule has 0 bridgehead atoms. The molecule has 4 aromatic rings. The number of fused-ring (bicyclic) bond motifs is 4.